The number of ether oxygens (including phenoxy) is 1. The van der Waals surface area contributed by atoms with E-state index in [2.05, 4.69) is 39.1 Å². The fourth-order valence-electron chi connectivity index (χ4n) is 3.26. The van der Waals surface area contributed by atoms with Gasteiger partial charge in [0.25, 0.3) is 5.91 Å². The minimum atomic E-state index is -0.140. The maximum Gasteiger partial charge on any atom is 0.251 e. The van der Waals surface area contributed by atoms with E-state index in [0.29, 0.717) is 24.6 Å². The van der Waals surface area contributed by atoms with Gasteiger partial charge in [-0.1, -0.05) is 24.3 Å². The van der Waals surface area contributed by atoms with E-state index in [1.54, 1.807) is 32.6 Å². The van der Waals surface area contributed by atoms with Crippen molar-refractivity contribution in [2.75, 3.05) is 20.7 Å². The molecule has 0 atom stereocenters. The number of carbonyl (C=O) groups is 1. The lowest BCUT2D eigenvalue weighted by molar-refractivity contribution is 0.0948. The Labute approximate surface area is 188 Å². The maximum atomic E-state index is 12.4. The van der Waals surface area contributed by atoms with Crippen LogP contribution in [0.4, 0.5) is 0 Å². The molecule has 3 rings (SSSR count). The number of benzene rings is 2. The van der Waals surface area contributed by atoms with Crippen LogP contribution in [0.1, 0.15) is 32.8 Å². The van der Waals surface area contributed by atoms with Crippen LogP contribution in [0.15, 0.2) is 70.3 Å². The van der Waals surface area contributed by atoms with Gasteiger partial charge in [0, 0.05) is 25.7 Å². The molecule has 0 radical (unpaired) electrons. The smallest absolute Gasteiger partial charge is 0.251 e. The van der Waals surface area contributed by atoms with Crippen LogP contribution in [-0.4, -0.2) is 32.6 Å². The van der Waals surface area contributed by atoms with Crippen LogP contribution < -0.4 is 20.7 Å². The normalized spacial score (nSPS) is 11.2. The second kappa shape index (κ2) is 11.6. The Morgan fingerprint density at radius 3 is 2.62 bits per heavy atom. The molecule has 0 bridgehead atoms. The number of furan rings is 1. The highest BCUT2D eigenvalue weighted by molar-refractivity contribution is 5.94. The topological polar surface area (TPSA) is 87.9 Å². The molecular weight excluding hydrogens is 404 g/mol. The van der Waals surface area contributed by atoms with E-state index < -0.39 is 0 Å². The molecule has 32 heavy (non-hydrogen) atoms. The number of amides is 1. The van der Waals surface area contributed by atoms with E-state index >= 15 is 0 Å². The first-order valence-electron chi connectivity index (χ1n) is 10.6. The summed E-state index contributed by atoms with van der Waals surface area (Å²) in [5.41, 5.74) is 3.91. The second-order valence-corrected chi connectivity index (χ2v) is 7.37. The minimum Gasteiger partial charge on any atom is -0.496 e. The fourth-order valence-corrected chi connectivity index (χ4v) is 3.26. The van der Waals surface area contributed by atoms with Gasteiger partial charge in [-0.15, -0.1) is 0 Å². The van der Waals surface area contributed by atoms with E-state index in [9.17, 15) is 4.79 Å². The molecule has 0 aliphatic rings. The molecule has 7 heteroatoms. The van der Waals surface area contributed by atoms with Crippen LogP contribution in [0.5, 0.6) is 5.75 Å². The number of guanidine groups is 1. The Morgan fingerprint density at radius 2 is 1.88 bits per heavy atom. The number of aliphatic imine (C=N–C) groups is 1. The summed E-state index contributed by atoms with van der Waals surface area (Å²) >= 11 is 0. The van der Waals surface area contributed by atoms with Crippen molar-refractivity contribution in [2.45, 2.75) is 26.4 Å². The average molecular weight is 435 g/mol. The molecule has 0 aliphatic carbocycles. The number of nitrogens with zero attached hydrogens (tertiary/aromatic N) is 1. The van der Waals surface area contributed by atoms with Gasteiger partial charge in [-0.05, 0) is 60.4 Å². The quantitative estimate of drug-likeness (QED) is 0.355. The van der Waals surface area contributed by atoms with Crippen LogP contribution in [0, 0.1) is 6.92 Å². The van der Waals surface area contributed by atoms with Gasteiger partial charge in [-0.3, -0.25) is 9.79 Å². The van der Waals surface area contributed by atoms with Gasteiger partial charge in [0.15, 0.2) is 5.96 Å². The highest BCUT2D eigenvalue weighted by atomic mass is 16.5. The van der Waals surface area contributed by atoms with Crippen LogP contribution in [-0.2, 0) is 19.5 Å². The monoisotopic (exact) mass is 434 g/mol. The van der Waals surface area contributed by atoms with Gasteiger partial charge in [-0.25, -0.2) is 0 Å². The van der Waals surface area contributed by atoms with Crippen molar-refractivity contribution in [2.24, 2.45) is 4.99 Å². The highest BCUT2D eigenvalue weighted by Gasteiger charge is 2.08. The lowest BCUT2D eigenvalue weighted by atomic mass is 10.1. The zero-order valence-corrected chi connectivity index (χ0v) is 18.8. The van der Waals surface area contributed by atoms with Crippen LogP contribution >= 0.6 is 0 Å². The average Bonchev–Trinajstić information content (AvgIpc) is 3.34. The van der Waals surface area contributed by atoms with Crippen LogP contribution in [0.3, 0.4) is 0 Å². The number of carbonyl (C=O) groups excluding carboxylic acids is 1. The Hall–Kier alpha value is -3.74. The number of hydrogen-bond donors (Lipinski definition) is 3. The van der Waals surface area contributed by atoms with Crippen molar-refractivity contribution >= 4 is 11.9 Å². The van der Waals surface area contributed by atoms with Gasteiger partial charge < -0.3 is 25.1 Å². The van der Waals surface area contributed by atoms with Crippen molar-refractivity contribution < 1.29 is 13.9 Å². The van der Waals surface area contributed by atoms with Gasteiger partial charge in [-0.2, -0.15) is 0 Å². The van der Waals surface area contributed by atoms with Crippen molar-refractivity contribution in [3.63, 3.8) is 0 Å². The fraction of sp³-hybridized carbons (Fsp3) is 0.280. The maximum absolute atomic E-state index is 12.4. The van der Waals surface area contributed by atoms with E-state index in [1.807, 2.05) is 31.2 Å². The number of hydrogen-bond acceptors (Lipinski definition) is 4. The van der Waals surface area contributed by atoms with E-state index in [4.69, 9.17) is 9.15 Å². The Morgan fingerprint density at radius 1 is 1.00 bits per heavy atom. The number of methoxy groups -OCH3 is 1. The Bertz CT molecular complexity index is 1050. The van der Waals surface area contributed by atoms with E-state index in [0.717, 1.165) is 35.6 Å². The zero-order chi connectivity index (χ0) is 22.8. The molecule has 3 N–H and O–H groups in total. The summed E-state index contributed by atoms with van der Waals surface area (Å²) in [6, 6.07) is 17.4. The number of aryl methyl sites for hydroxylation is 1. The molecule has 2 aromatic carbocycles. The largest absolute Gasteiger partial charge is 0.496 e. The summed E-state index contributed by atoms with van der Waals surface area (Å²) in [6.45, 7) is 3.68. The minimum absolute atomic E-state index is 0.140. The molecule has 168 valence electrons. The van der Waals surface area contributed by atoms with Gasteiger partial charge in [0.2, 0.25) is 0 Å². The SMILES string of the molecule is CN=C(NCCc1ccc(C)c(OC)c1)NCc1cccc(C(=O)NCc2ccco2)c1. The standard InChI is InChI=1S/C25H30N4O3/c1-18-9-10-19(15-23(18)31-3)11-12-27-25(26-2)29-16-20-6-4-7-21(14-20)24(30)28-17-22-8-5-13-32-22/h4-10,13-15H,11-12,16-17H2,1-3H3,(H,28,30)(H2,26,27,29). The predicted octanol–water partition coefficient (Wildman–Crippen LogP) is 3.43. The Kier molecular flexibility index (Phi) is 8.31. The summed E-state index contributed by atoms with van der Waals surface area (Å²) < 4.78 is 10.6. The molecule has 0 saturated carbocycles. The van der Waals surface area contributed by atoms with Gasteiger partial charge >= 0.3 is 0 Å². The summed E-state index contributed by atoms with van der Waals surface area (Å²) in [7, 11) is 3.43. The summed E-state index contributed by atoms with van der Waals surface area (Å²) in [5, 5.41) is 9.48. The summed E-state index contributed by atoms with van der Waals surface area (Å²) in [4.78, 5) is 16.7. The molecule has 0 spiro atoms. The molecular formula is C25H30N4O3. The van der Waals surface area contributed by atoms with Crippen LogP contribution in [0.25, 0.3) is 0 Å². The lowest BCUT2D eigenvalue weighted by Crippen LogP contribution is -2.37. The second-order valence-electron chi connectivity index (χ2n) is 7.37. The third kappa shape index (κ3) is 6.63. The van der Waals surface area contributed by atoms with E-state index in [-0.39, 0.29) is 5.91 Å². The Balaban J connectivity index is 1.47. The van der Waals surface area contributed by atoms with Crippen molar-refractivity contribution in [3.8, 4) is 5.75 Å². The third-order valence-corrected chi connectivity index (χ3v) is 5.05. The summed E-state index contributed by atoms with van der Waals surface area (Å²) in [6.07, 6.45) is 2.44. The molecule has 1 amide bonds. The lowest BCUT2D eigenvalue weighted by Gasteiger charge is -2.13. The zero-order valence-electron chi connectivity index (χ0n) is 18.8. The van der Waals surface area contributed by atoms with Gasteiger partial charge in [0.05, 0.1) is 19.9 Å². The molecule has 7 nitrogen and oxygen atoms in total. The van der Waals surface area contributed by atoms with Crippen molar-refractivity contribution in [3.05, 3.63) is 88.9 Å². The highest BCUT2D eigenvalue weighted by Crippen LogP contribution is 2.19. The first-order valence-corrected chi connectivity index (χ1v) is 10.6. The third-order valence-electron chi connectivity index (χ3n) is 5.05. The first kappa shape index (κ1) is 22.9. The molecule has 0 fully saturated rings. The van der Waals surface area contributed by atoms with Crippen LogP contribution in [0.2, 0.25) is 0 Å². The molecule has 0 unspecified atom stereocenters. The van der Waals surface area contributed by atoms with Crippen molar-refractivity contribution in [1.82, 2.24) is 16.0 Å². The summed E-state index contributed by atoms with van der Waals surface area (Å²) in [5.74, 6) is 2.18. The molecule has 0 aliphatic heterocycles. The van der Waals surface area contributed by atoms with Crippen molar-refractivity contribution in [1.29, 1.82) is 0 Å². The molecule has 0 saturated heterocycles. The van der Waals surface area contributed by atoms with E-state index in [1.165, 1.54) is 5.56 Å². The number of rotatable bonds is 9. The molecule has 1 heterocycles. The first-order chi connectivity index (χ1) is 15.6. The van der Waals surface area contributed by atoms with Gasteiger partial charge in [0.1, 0.15) is 11.5 Å². The predicted molar refractivity (Wildman–Crippen MR) is 126 cm³/mol. The molecule has 1 aromatic heterocycles. The molecule has 3 aromatic rings. The number of nitrogens with one attached hydrogen (secondary N) is 3.